The van der Waals surface area contributed by atoms with Crippen LogP contribution in [0, 0.1) is 0 Å². The third-order valence-electron chi connectivity index (χ3n) is 2.85. The summed E-state index contributed by atoms with van der Waals surface area (Å²) in [6.45, 7) is 11.8. The third-order valence-corrected chi connectivity index (χ3v) is 3.35. The van der Waals surface area contributed by atoms with Crippen LogP contribution >= 0.6 is 15.9 Å². The van der Waals surface area contributed by atoms with Crippen molar-refractivity contribution in [2.75, 3.05) is 18.0 Å². The lowest BCUT2D eigenvalue weighted by Gasteiger charge is -2.25. The second kappa shape index (κ2) is 7.02. The molecule has 0 spiro atoms. The maximum atomic E-state index is 3.56. The highest BCUT2D eigenvalue weighted by atomic mass is 79.9. The minimum atomic E-state index is 0.517. The topological polar surface area (TPSA) is 15.3 Å². The lowest BCUT2D eigenvalue weighted by Crippen LogP contribution is -2.26. The molecule has 0 heterocycles. The van der Waals surface area contributed by atoms with Crippen molar-refractivity contribution in [1.29, 1.82) is 0 Å². The molecule has 0 aliphatic carbocycles. The summed E-state index contributed by atoms with van der Waals surface area (Å²) in [5, 5.41) is 3.48. The minimum Gasteiger partial charge on any atom is -0.372 e. The Morgan fingerprint density at radius 2 is 1.88 bits per heavy atom. The summed E-state index contributed by atoms with van der Waals surface area (Å²) in [7, 11) is 0. The van der Waals surface area contributed by atoms with E-state index in [0.29, 0.717) is 6.04 Å². The summed E-state index contributed by atoms with van der Waals surface area (Å²) in [4.78, 5) is 2.39. The summed E-state index contributed by atoms with van der Waals surface area (Å²) in [6, 6.07) is 7.05. The van der Waals surface area contributed by atoms with Gasteiger partial charge in [0.2, 0.25) is 0 Å². The summed E-state index contributed by atoms with van der Waals surface area (Å²) in [5.41, 5.74) is 2.70. The van der Waals surface area contributed by atoms with E-state index in [-0.39, 0.29) is 0 Å². The molecule has 0 saturated heterocycles. The molecular weight excluding hydrogens is 276 g/mol. The van der Waals surface area contributed by atoms with E-state index in [1.54, 1.807) is 0 Å². The Morgan fingerprint density at radius 1 is 1.24 bits per heavy atom. The first-order valence-corrected chi connectivity index (χ1v) is 7.14. The fourth-order valence-electron chi connectivity index (χ4n) is 1.86. The number of halogens is 1. The highest BCUT2D eigenvalue weighted by molar-refractivity contribution is 9.10. The Labute approximate surface area is 114 Å². The Kier molecular flexibility index (Phi) is 6.00. The van der Waals surface area contributed by atoms with Crippen LogP contribution in [0.1, 0.15) is 33.3 Å². The zero-order valence-corrected chi connectivity index (χ0v) is 12.8. The van der Waals surface area contributed by atoms with Gasteiger partial charge in [-0.05, 0) is 31.5 Å². The minimum absolute atomic E-state index is 0.517. The largest absolute Gasteiger partial charge is 0.372 e. The van der Waals surface area contributed by atoms with Crippen molar-refractivity contribution in [3.8, 4) is 0 Å². The van der Waals surface area contributed by atoms with Gasteiger partial charge < -0.3 is 10.2 Å². The number of hydrogen-bond acceptors (Lipinski definition) is 2. The van der Waals surface area contributed by atoms with Crippen molar-refractivity contribution >= 4 is 21.6 Å². The van der Waals surface area contributed by atoms with Crippen LogP contribution in [0.3, 0.4) is 0 Å². The molecule has 1 aromatic carbocycles. The van der Waals surface area contributed by atoms with Crippen LogP contribution in [0.2, 0.25) is 0 Å². The van der Waals surface area contributed by atoms with Gasteiger partial charge in [0.15, 0.2) is 0 Å². The highest BCUT2D eigenvalue weighted by Crippen LogP contribution is 2.25. The van der Waals surface area contributed by atoms with E-state index >= 15 is 0 Å². The quantitative estimate of drug-likeness (QED) is 0.859. The van der Waals surface area contributed by atoms with Gasteiger partial charge in [-0.25, -0.2) is 0 Å². The fourth-order valence-corrected chi connectivity index (χ4v) is 2.21. The average molecular weight is 299 g/mol. The number of hydrogen-bond donors (Lipinski definition) is 1. The zero-order chi connectivity index (χ0) is 12.8. The molecule has 0 amide bonds. The first-order chi connectivity index (χ1) is 8.08. The molecule has 0 radical (unpaired) electrons. The maximum Gasteiger partial charge on any atom is 0.0422 e. The lowest BCUT2D eigenvalue weighted by molar-refractivity contribution is 0.588. The van der Waals surface area contributed by atoms with Gasteiger partial charge in [-0.3, -0.25) is 0 Å². The van der Waals surface area contributed by atoms with E-state index in [9.17, 15) is 0 Å². The first-order valence-electron chi connectivity index (χ1n) is 6.35. The van der Waals surface area contributed by atoms with Gasteiger partial charge in [0.25, 0.3) is 0 Å². The van der Waals surface area contributed by atoms with Crippen molar-refractivity contribution in [1.82, 2.24) is 5.32 Å². The van der Waals surface area contributed by atoms with Gasteiger partial charge in [0.1, 0.15) is 0 Å². The van der Waals surface area contributed by atoms with E-state index < -0.39 is 0 Å². The number of rotatable bonds is 6. The van der Waals surface area contributed by atoms with E-state index in [0.717, 1.165) is 24.1 Å². The van der Waals surface area contributed by atoms with Gasteiger partial charge in [-0.2, -0.15) is 0 Å². The average Bonchev–Trinajstić information content (AvgIpc) is 2.29. The number of nitrogens with zero attached hydrogens (tertiary/aromatic N) is 1. The molecule has 17 heavy (non-hydrogen) atoms. The smallest absolute Gasteiger partial charge is 0.0422 e. The standard InChI is InChI=1S/C14H23BrN2/c1-5-17(6-2)14-9-13(15)8-7-12(14)10-16-11(3)4/h7-9,11,16H,5-6,10H2,1-4H3. The Morgan fingerprint density at radius 3 is 2.41 bits per heavy atom. The van der Waals surface area contributed by atoms with Crippen LogP contribution in [0.15, 0.2) is 22.7 Å². The van der Waals surface area contributed by atoms with E-state index in [4.69, 9.17) is 0 Å². The predicted octanol–water partition coefficient (Wildman–Crippen LogP) is 3.79. The molecular formula is C14H23BrN2. The molecule has 0 atom stereocenters. The summed E-state index contributed by atoms with van der Waals surface area (Å²) in [5.74, 6) is 0. The molecule has 1 rings (SSSR count). The fraction of sp³-hybridized carbons (Fsp3) is 0.571. The van der Waals surface area contributed by atoms with Crippen LogP contribution in [-0.4, -0.2) is 19.1 Å². The van der Waals surface area contributed by atoms with Gasteiger partial charge >= 0.3 is 0 Å². The van der Waals surface area contributed by atoms with Gasteiger partial charge in [-0.15, -0.1) is 0 Å². The van der Waals surface area contributed by atoms with E-state index in [1.807, 2.05) is 0 Å². The molecule has 0 aromatic heterocycles. The maximum absolute atomic E-state index is 3.56. The molecule has 0 aliphatic heterocycles. The molecule has 2 nitrogen and oxygen atoms in total. The monoisotopic (exact) mass is 298 g/mol. The molecule has 0 fully saturated rings. The lowest BCUT2D eigenvalue weighted by atomic mass is 10.1. The van der Waals surface area contributed by atoms with Crippen molar-refractivity contribution in [2.24, 2.45) is 0 Å². The Bertz CT molecular complexity index is 346. The van der Waals surface area contributed by atoms with Crippen molar-refractivity contribution in [3.63, 3.8) is 0 Å². The van der Waals surface area contributed by atoms with Crippen molar-refractivity contribution < 1.29 is 0 Å². The molecule has 0 bridgehead atoms. The van der Waals surface area contributed by atoms with E-state index in [2.05, 4.69) is 72.0 Å². The predicted molar refractivity (Wildman–Crippen MR) is 79.7 cm³/mol. The molecule has 0 unspecified atom stereocenters. The van der Waals surface area contributed by atoms with Gasteiger partial charge in [-0.1, -0.05) is 35.8 Å². The SMILES string of the molecule is CCN(CC)c1cc(Br)ccc1CNC(C)C. The van der Waals surface area contributed by atoms with Crippen molar-refractivity contribution in [2.45, 2.75) is 40.3 Å². The number of nitrogens with one attached hydrogen (secondary N) is 1. The number of anilines is 1. The summed E-state index contributed by atoms with van der Waals surface area (Å²) < 4.78 is 1.15. The summed E-state index contributed by atoms with van der Waals surface area (Å²) >= 11 is 3.56. The van der Waals surface area contributed by atoms with Gasteiger partial charge in [0.05, 0.1) is 0 Å². The molecule has 1 aromatic rings. The van der Waals surface area contributed by atoms with Gasteiger partial charge in [0, 0.05) is 35.8 Å². The zero-order valence-electron chi connectivity index (χ0n) is 11.3. The second-order valence-corrected chi connectivity index (χ2v) is 5.40. The number of benzene rings is 1. The highest BCUT2D eigenvalue weighted by Gasteiger charge is 2.09. The van der Waals surface area contributed by atoms with Crippen LogP contribution in [-0.2, 0) is 6.54 Å². The molecule has 0 aliphatic rings. The van der Waals surface area contributed by atoms with Crippen LogP contribution in [0.4, 0.5) is 5.69 Å². The molecule has 0 saturated carbocycles. The molecule has 96 valence electrons. The normalized spacial score (nSPS) is 10.9. The second-order valence-electron chi connectivity index (χ2n) is 4.48. The van der Waals surface area contributed by atoms with Crippen LogP contribution in [0.25, 0.3) is 0 Å². The van der Waals surface area contributed by atoms with Crippen LogP contribution in [0.5, 0.6) is 0 Å². The third kappa shape index (κ3) is 4.32. The summed E-state index contributed by atoms with van der Waals surface area (Å²) in [6.07, 6.45) is 0. The van der Waals surface area contributed by atoms with Crippen LogP contribution < -0.4 is 10.2 Å². The first kappa shape index (κ1) is 14.5. The Hall–Kier alpha value is -0.540. The van der Waals surface area contributed by atoms with Crippen molar-refractivity contribution in [3.05, 3.63) is 28.2 Å². The Balaban J connectivity index is 2.94. The van der Waals surface area contributed by atoms with E-state index in [1.165, 1.54) is 11.3 Å². The molecule has 3 heteroatoms. The molecule has 1 N–H and O–H groups in total.